The van der Waals surface area contributed by atoms with Gasteiger partial charge in [-0.15, -0.1) is 0 Å². The highest BCUT2D eigenvalue weighted by Crippen LogP contribution is 2.28. The molecule has 2 unspecified atom stereocenters. The summed E-state index contributed by atoms with van der Waals surface area (Å²) >= 11 is 0. The van der Waals surface area contributed by atoms with Crippen LogP contribution in [0, 0.1) is 0 Å². The minimum absolute atomic E-state index is 0.349. The standard InChI is InChI=1S/C18H20FNO3S/c19-13-15-6-9-16(10-7-15)18-12-17(23-24(21,22)20-18)11-8-14-4-2-1-3-5-14/h1-7,9-10,17-18,20H,8,11-13H2. The van der Waals surface area contributed by atoms with Gasteiger partial charge < -0.3 is 0 Å². The van der Waals surface area contributed by atoms with Crippen molar-refractivity contribution in [2.75, 3.05) is 0 Å². The molecule has 0 aliphatic carbocycles. The van der Waals surface area contributed by atoms with Gasteiger partial charge in [-0.1, -0.05) is 54.6 Å². The van der Waals surface area contributed by atoms with Crippen molar-refractivity contribution in [2.45, 2.75) is 38.1 Å². The normalized spacial score (nSPS) is 23.0. The van der Waals surface area contributed by atoms with Gasteiger partial charge in [0.1, 0.15) is 6.67 Å². The van der Waals surface area contributed by atoms with Crippen LogP contribution in [0.1, 0.15) is 35.6 Å². The van der Waals surface area contributed by atoms with E-state index in [4.69, 9.17) is 4.18 Å². The lowest BCUT2D eigenvalue weighted by molar-refractivity contribution is 0.149. The summed E-state index contributed by atoms with van der Waals surface area (Å²) < 4.78 is 44.3. The topological polar surface area (TPSA) is 55.4 Å². The van der Waals surface area contributed by atoms with E-state index in [1.807, 2.05) is 30.3 Å². The number of hydrogen-bond acceptors (Lipinski definition) is 3. The van der Waals surface area contributed by atoms with Gasteiger partial charge in [0.25, 0.3) is 0 Å². The second-order valence-corrected chi connectivity index (χ2v) is 7.31. The number of alkyl halides is 1. The zero-order valence-electron chi connectivity index (χ0n) is 13.2. The summed E-state index contributed by atoms with van der Waals surface area (Å²) in [5, 5.41) is 0. The van der Waals surface area contributed by atoms with Crippen molar-refractivity contribution in [1.29, 1.82) is 0 Å². The van der Waals surface area contributed by atoms with E-state index >= 15 is 0 Å². The van der Waals surface area contributed by atoms with Gasteiger partial charge in [-0.05, 0) is 36.0 Å². The number of hydrogen-bond donors (Lipinski definition) is 1. The van der Waals surface area contributed by atoms with Gasteiger partial charge in [-0.25, -0.2) is 4.39 Å². The predicted molar refractivity (Wildman–Crippen MR) is 90.3 cm³/mol. The Labute approximate surface area is 141 Å². The molecule has 1 aliphatic heterocycles. The Balaban J connectivity index is 1.69. The molecule has 1 N–H and O–H groups in total. The van der Waals surface area contributed by atoms with E-state index in [2.05, 4.69) is 4.72 Å². The largest absolute Gasteiger partial charge is 0.336 e. The van der Waals surface area contributed by atoms with Crippen molar-refractivity contribution in [3.8, 4) is 0 Å². The maximum Gasteiger partial charge on any atom is 0.336 e. The Morgan fingerprint density at radius 1 is 1.04 bits per heavy atom. The van der Waals surface area contributed by atoms with Crippen molar-refractivity contribution in [1.82, 2.24) is 4.72 Å². The van der Waals surface area contributed by atoms with Crippen LogP contribution in [-0.4, -0.2) is 14.5 Å². The van der Waals surface area contributed by atoms with Crippen LogP contribution in [0.15, 0.2) is 54.6 Å². The third-order valence-electron chi connectivity index (χ3n) is 4.18. The van der Waals surface area contributed by atoms with Gasteiger partial charge in [-0.3, -0.25) is 4.18 Å². The monoisotopic (exact) mass is 349 g/mol. The van der Waals surface area contributed by atoms with E-state index in [0.29, 0.717) is 18.4 Å². The summed E-state index contributed by atoms with van der Waals surface area (Å²) in [7, 11) is -3.77. The van der Waals surface area contributed by atoms with E-state index in [0.717, 1.165) is 17.5 Å². The first kappa shape index (κ1) is 17.1. The van der Waals surface area contributed by atoms with Gasteiger partial charge in [0.15, 0.2) is 0 Å². The van der Waals surface area contributed by atoms with E-state index < -0.39 is 17.0 Å². The molecule has 0 aromatic heterocycles. The number of benzene rings is 2. The van der Waals surface area contributed by atoms with Crippen molar-refractivity contribution in [3.05, 3.63) is 71.3 Å². The maximum atomic E-state index is 12.6. The molecule has 2 aromatic rings. The first-order valence-electron chi connectivity index (χ1n) is 7.95. The fourth-order valence-corrected chi connectivity index (χ4v) is 4.08. The second-order valence-electron chi connectivity index (χ2n) is 5.98. The minimum atomic E-state index is -3.77. The van der Waals surface area contributed by atoms with E-state index in [1.54, 1.807) is 24.3 Å². The Morgan fingerprint density at radius 3 is 2.42 bits per heavy atom. The molecule has 1 fully saturated rings. The van der Waals surface area contributed by atoms with Crippen LogP contribution in [0.4, 0.5) is 4.39 Å². The highest BCUT2D eigenvalue weighted by atomic mass is 32.2. The van der Waals surface area contributed by atoms with Crippen LogP contribution in [0.25, 0.3) is 0 Å². The Morgan fingerprint density at radius 2 is 1.75 bits per heavy atom. The molecule has 2 aromatic carbocycles. The number of halogens is 1. The third-order valence-corrected chi connectivity index (χ3v) is 5.28. The Bertz CT molecular complexity index is 763. The summed E-state index contributed by atoms with van der Waals surface area (Å²) in [5.41, 5.74) is 2.55. The average molecular weight is 349 g/mol. The van der Waals surface area contributed by atoms with Crippen molar-refractivity contribution in [3.63, 3.8) is 0 Å². The van der Waals surface area contributed by atoms with Gasteiger partial charge in [-0.2, -0.15) is 13.1 Å². The molecule has 1 saturated heterocycles. The lowest BCUT2D eigenvalue weighted by atomic mass is 9.97. The molecule has 0 radical (unpaired) electrons. The quantitative estimate of drug-likeness (QED) is 0.899. The molecule has 0 spiro atoms. The summed E-state index contributed by atoms with van der Waals surface area (Å²) in [6.45, 7) is -0.528. The first-order valence-corrected chi connectivity index (χ1v) is 9.36. The molecule has 1 aliphatic rings. The molecule has 0 bridgehead atoms. The molecule has 3 rings (SSSR count). The summed E-state index contributed by atoms with van der Waals surface area (Å²) in [6.07, 6.45) is 1.57. The summed E-state index contributed by atoms with van der Waals surface area (Å²) in [5.74, 6) is 0. The third kappa shape index (κ3) is 4.41. The van der Waals surface area contributed by atoms with Crippen molar-refractivity contribution < 1.29 is 17.0 Å². The van der Waals surface area contributed by atoms with Crippen molar-refractivity contribution in [2.24, 2.45) is 0 Å². The molecular weight excluding hydrogens is 329 g/mol. The average Bonchev–Trinajstić information content (AvgIpc) is 2.60. The fourth-order valence-electron chi connectivity index (χ4n) is 2.91. The molecule has 0 saturated carbocycles. The van der Waals surface area contributed by atoms with Crippen LogP contribution in [-0.2, 0) is 27.6 Å². The first-order chi connectivity index (χ1) is 11.6. The summed E-state index contributed by atoms with van der Waals surface area (Å²) in [4.78, 5) is 0. The van der Waals surface area contributed by atoms with Crippen LogP contribution in [0.2, 0.25) is 0 Å². The lowest BCUT2D eigenvalue weighted by Crippen LogP contribution is -2.41. The van der Waals surface area contributed by atoms with Gasteiger partial charge in [0.2, 0.25) is 0 Å². The zero-order valence-corrected chi connectivity index (χ0v) is 14.0. The van der Waals surface area contributed by atoms with Gasteiger partial charge in [0.05, 0.1) is 12.1 Å². The highest BCUT2D eigenvalue weighted by Gasteiger charge is 2.32. The molecule has 6 heteroatoms. The van der Waals surface area contributed by atoms with Crippen LogP contribution in [0.5, 0.6) is 0 Å². The van der Waals surface area contributed by atoms with Crippen LogP contribution in [0.3, 0.4) is 0 Å². The molecule has 4 nitrogen and oxygen atoms in total. The second kappa shape index (κ2) is 7.42. The van der Waals surface area contributed by atoms with Crippen LogP contribution < -0.4 is 4.72 Å². The van der Waals surface area contributed by atoms with Crippen molar-refractivity contribution >= 4 is 10.3 Å². The van der Waals surface area contributed by atoms with Crippen LogP contribution >= 0.6 is 0 Å². The number of rotatable bonds is 5. The van der Waals surface area contributed by atoms with E-state index in [1.165, 1.54) is 0 Å². The van der Waals surface area contributed by atoms with Gasteiger partial charge >= 0.3 is 10.3 Å². The smallest absolute Gasteiger partial charge is 0.255 e. The summed E-state index contributed by atoms with van der Waals surface area (Å²) in [6, 6.07) is 16.4. The number of aryl methyl sites for hydroxylation is 1. The fraction of sp³-hybridized carbons (Fsp3) is 0.333. The molecular formula is C18H20FNO3S. The molecule has 0 amide bonds. The minimum Gasteiger partial charge on any atom is -0.255 e. The van der Waals surface area contributed by atoms with E-state index in [-0.39, 0.29) is 12.1 Å². The predicted octanol–water partition coefficient (Wildman–Crippen LogP) is 3.45. The molecule has 128 valence electrons. The SMILES string of the molecule is O=S1(=O)NC(c2ccc(CF)cc2)CC(CCc2ccccc2)O1. The van der Waals surface area contributed by atoms with Gasteiger partial charge in [0, 0.05) is 0 Å². The Hall–Kier alpha value is -1.76. The maximum absolute atomic E-state index is 12.6. The zero-order chi connectivity index (χ0) is 17.0. The highest BCUT2D eigenvalue weighted by molar-refractivity contribution is 7.84. The molecule has 2 atom stereocenters. The Kier molecular flexibility index (Phi) is 5.28. The lowest BCUT2D eigenvalue weighted by Gasteiger charge is -2.30. The molecule has 24 heavy (non-hydrogen) atoms. The van der Waals surface area contributed by atoms with E-state index in [9.17, 15) is 12.8 Å². The number of nitrogens with one attached hydrogen (secondary N) is 1. The molecule has 1 heterocycles.